The molecule has 3 heterocycles. The van der Waals surface area contributed by atoms with Gasteiger partial charge in [0.1, 0.15) is 5.00 Å². The molecule has 5 nitrogen and oxygen atoms in total. The van der Waals surface area contributed by atoms with Crippen molar-refractivity contribution in [2.45, 2.75) is 12.8 Å². The van der Waals surface area contributed by atoms with Crippen LogP contribution in [0.2, 0.25) is 0 Å². The van der Waals surface area contributed by atoms with Gasteiger partial charge < -0.3 is 5.32 Å². The van der Waals surface area contributed by atoms with E-state index in [1.165, 1.54) is 6.42 Å². The molecule has 1 unspecified atom stereocenters. The van der Waals surface area contributed by atoms with Crippen molar-refractivity contribution in [2.24, 2.45) is 5.92 Å². The molecule has 1 saturated heterocycles. The molecule has 0 amide bonds. The van der Waals surface area contributed by atoms with Gasteiger partial charge in [0.2, 0.25) is 0 Å². The fourth-order valence-electron chi connectivity index (χ4n) is 1.95. The lowest BCUT2D eigenvalue weighted by atomic mass is 10.1. The van der Waals surface area contributed by atoms with Gasteiger partial charge in [-0.1, -0.05) is 0 Å². The van der Waals surface area contributed by atoms with E-state index in [0.717, 1.165) is 30.3 Å². The van der Waals surface area contributed by atoms with Crippen LogP contribution in [0.4, 0.5) is 0 Å². The van der Waals surface area contributed by atoms with Crippen LogP contribution < -0.4 is 5.32 Å². The molecule has 2 aromatic heterocycles. The van der Waals surface area contributed by atoms with E-state index >= 15 is 0 Å². The lowest BCUT2D eigenvalue weighted by Crippen LogP contribution is -2.11. The van der Waals surface area contributed by atoms with E-state index in [4.69, 9.17) is 0 Å². The monoisotopic (exact) mass is 235 g/mol. The van der Waals surface area contributed by atoms with Crippen LogP contribution in [0.15, 0.2) is 17.5 Å². The van der Waals surface area contributed by atoms with Crippen molar-refractivity contribution < 1.29 is 0 Å². The number of thiophene rings is 1. The Morgan fingerprint density at radius 1 is 1.56 bits per heavy atom. The number of aromatic nitrogens is 4. The fourth-order valence-corrected chi connectivity index (χ4v) is 2.57. The Balaban J connectivity index is 1.72. The number of hydrogen-bond acceptors (Lipinski definition) is 5. The molecule has 1 aliphatic rings. The minimum Gasteiger partial charge on any atom is -0.316 e. The summed E-state index contributed by atoms with van der Waals surface area (Å²) in [6, 6.07) is 3.98. The van der Waals surface area contributed by atoms with E-state index in [2.05, 4.69) is 20.7 Å². The first-order valence-electron chi connectivity index (χ1n) is 5.45. The number of rotatable bonds is 3. The van der Waals surface area contributed by atoms with Gasteiger partial charge in [-0.05, 0) is 48.2 Å². The highest BCUT2D eigenvalue weighted by molar-refractivity contribution is 7.12. The summed E-state index contributed by atoms with van der Waals surface area (Å²) in [7, 11) is 0. The second-order valence-corrected chi connectivity index (χ2v) is 4.94. The maximum atomic E-state index is 4.39. The Morgan fingerprint density at radius 3 is 3.31 bits per heavy atom. The molecule has 0 aromatic carbocycles. The summed E-state index contributed by atoms with van der Waals surface area (Å²) in [5, 5.41) is 18.9. The first kappa shape index (κ1) is 9.92. The molecule has 0 radical (unpaired) electrons. The van der Waals surface area contributed by atoms with Gasteiger partial charge in [-0.3, -0.25) is 0 Å². The number of nitrogens with one attached hydrogen (secondary N) is 1. The van der Waals surface area contributed by atoms with Gasteiger partial charge in [0.25, 0.3) is 0 Å². The molecule has 3 rings (SSSR count). The third kappa shape index (κ3) is 1.98. The van der Waals surface area contributed by atoms with Gasteiger partial charge in [-0.2, -0.15) is 0 Å². The van der Waals surface area contributed by atoms with E-state index in [9.17, 15) is 0 Å². The molecular weight excluding hydrogens is 222 g/mol. The summed E-state index contributed by atoms with van der Waals surface area (Å²) in [6.45, 7) is 2.19. The minimum atomic E-state index is 0.668. The van der Waals surface area contributed by atoms with E-state index < -0.39 is 0 Å². The molecule has 0 aliphatic carbocycles. The second kappa shape index (κ2) is 4.31. The second-order valence-electron chi connectivity index (χ2n) is 4.01. The summed E-state index contributed by atoms with van der Waals surface area (Å²) in [5.74, 6) is 1.52. The summed E-state index contributed by atoms with van der Waals surface area (Å²) < 4.78 is 0. The molecule has 0 saturated carbocycles. The Morgan fingerprint density at radius 2 is 2.56 bits per heavy atom. The first-order valence-corrected chi connectivity index (χ1v) is 6.33. The van der Waals surface area contributed by atoms with Crippen LogP contribution in [-0.2, 0) is 6.42 Å². The normalized spacial score (nSPS) is 20.4. The zero-order valence-electron chi connectivity index (χ0n) is 8.83. The third-order valence-electron chi connectivity index (χ3n) is 2.79. The van der Waals surface area contributed by atoms with Crippen LogP contribution in [0.1, 0.15) is 12.2 Å². The number of tetrazole rings is 1. The van der Waals surface area contributed by atoms with E-state index in [-0.39, 0.29) is 0 Å². The van der Waals surface area contributed by atoms with Gasteiger partial charge in [0.15, 0.2) is 5.82 Å². The molecule has 2 aromatic rings. The quantitative estimate of drug-likeness (QED) is 0.858. The summed E-state index contributed by atoms with van der Waals surface area (Å²) in [4.78, 5) is 1.61. The lowest BCUT2D eigenvalue weighted by molar-refractivity contribution is 0.560. The predicted octanol–water partition coefficient (Wildman–Crippen LogP) is 0.876. The molecule has 84 valence electrons. The summed E-state index contributed by atoms with van der Waals surface area (Å²) in [5.41, 5.74) is 0. The fraction of sp³-hybridized carbons (Fsp3) is 0.500. The van der Waals surface area contributed by atoms with Crippen molar-refractivity contribution in [3.05, 3.63) is 23.3 Å². The summed E-state index contributed by atoms with van der Waals surface area (Å²) in [6.07, 6.45) is 2.14. The van der Waals surface area contributed by atoms with E-state index in [0.29, 0.717) is 5.92 Å². The van der Waals surface area contributed by atoms with Crippen LogP contribution in [-0.4, -0.2) is 33.3 Å². The highest BCUT2D eigenvalue weighted by Crippen LogP contribution is 2.14. The number of hydrogen-bond donors (Lipinski definition) is 1. The van der Waals surface area contributed by atoms with Crippen LogP contribution in [0.25, 0.3) is 5.00 Å². The third-order valence-corrected chi connectivity index (χ3v) is 3.63. The lowest BCUT2D eigenvalue weighted by Gasteiger charge is -2.02. The van der Waals surface area contributed by atoms with Crippen LogP contribution in [0, 0.1) is 5.92 Å². The van der Waals surface area contributed by atoms with Gasteiger partial charge in [-0.15, -0.1) is 26.3 Å². The molecule has 1 atom stereocenters. The average Bonchev–Trinajstić information content (AvgIpc) is 2.99. The SMILES string of the molecule is c1csc(-n2nnc(CC3CCNC3)n2)c1. The van der Waals surface area contributed by atoms with Crippen molar-refractivity contribution in [1.29, 1.82) is 0 Å². The first-order chi connectivity index (χ1) is 7.92. The number of nitrogens with zero attached hydrogens (tertiary/aromatic N) is 4. The Labute approximate surface area is 97.5 Å². The average molecular weight is 235 g/mol. The van der Waals surface area contributed by atoms with Gasteiger partial charge in [0.05, 0.1) is 0 Å². The maximum absolute atomic E-state index is 4.39. The summed E-state index contributed by atoms with van der Waals surface area (Å²) >= 11 is 1.62. The van der Waals surface area contributed by atoms with Crippen LogP contribution in [0.3, 0.4) is 0 Å². The van der Waals surface area contributed by atoms with Gasteiger partial charge in [-0.25, -0.2) is 0 Å². The van der Waals surface area contributed by atoms with Crippen molar-refractivity contribution in [3.8, 4) is 5.00 Å². The molecule has 0 bridgehead atoms. The molecule has 1 N–H and O–H groups in total. The predicted molar refractivity (Wildman–Crippen MR) is 61.7 cm³/mol. The molecular formula is C10H13N5S. The van der Waals surface area contributed by atoms with Crippen LogP contribution >= 0.6 is 11.3 Å². The maximum Gasteiger partial charge on any atom is 0.175 e. The molecule has 1 aliphatic heterocycles. The molecule has 16 heavy (non-hydrogen) atoms. The van der Waals surface area contributed by atoms with Gasteiger partial charge >= 0.3 is 0 Å². The Bertz CT molecular complexity index is 443. The van der Waals surface area contributed by atoms with Crippen molar-refractivity contribution in [2.75, 3.05) is 13.1 Å². The van der Waals surface area contributed by atoms with Crippen molar-refractivity contribution >= 4 is 11.3 Å². The molecule has 1 fully saturated rings. The zero-order chi connectivity index (χ0) is 10.8. The minimum absolute atomic E-state index is 0.668. The zero-order valence-corrected chi connectivity index (χ0v) is 9.65. The van der Waals surface area contributed by atoms with Gasteiger partial charge in [0, 0.05) is 6.42 Å². The smallest absolute Gasteiger partial charge is 0.175 e. The molecule has 0 spiro atoms. The van der Waals surface area contributed by atoms with Crippen molar-refractivity contribution in [3.63, 3.8) is 0 Å². The topological polar surface area (TPSA) is 55.6 Å². The largest absolute Gasteiger partial charge is 0.316 e. The standard InChI is InChI=1S/C10H13N5S/c1-2-10(16-5-1)15-13-9(12-14-15)6-8-3-4-11-7-8/h1-2,5,8,11H,3-4,6-7H2. The Kier molecular flexibility index (Phi) is 2.67. The Hall–Kier alpha value is -1.27. The van der Waals surface area contributed by atoms with E-state index in [1.807, 2.05) is 17.5 Å². The van der Waals surface area contributed by atoms with Crippen LogP contribution in [0.5, 0.6) is 0 Å². The highest BCUT2D eigenvalue weighted by Gasteiger charge is 2.17. The van der Waals surface area contributed by atoms with E-state index in [1.54, 1.807) is 16.1 Å². The van der Waals surface area contributed by atoms with Crippen molar-refractivity contribution in [1.82, 2.24) is 25.5 Å². The highest BCUT2D eigenvalue weighted by atomic mass is 32.1. The molecule has 6 heteroatoms.